The second-order valence-electron chi connectivity index (χ2n) is 7.80. The summed E-state index contributed by atoms with van der Waals surface area (Å²) in [6.07, 6.45) is 2.59. The van der Waals surface area contributed by atoms with Crippen molar-refractivity contribution in [2.75, 3.05) is 13.2 Å². The third-order valence-corrected chi connectivity index (χ3v) is 4.67. The van der Waals surface area contributed by atoms with E-state index in [9.17, 15) is 4.79 Å². The van der Waals surface area contributed by atoms with Gasteiger partial charge in [-0.2, -0.15) is 0 Å². The smallest absolute Gasteiger partial charge is 0.315 e. The largest absolute Gasteiger partial charge is 0.378 e. The molecule has 2 atom stereocenters. The molecule has 2 amide bonds. The molecule has 0 radical (unpaired) electrons. The molecule has 0 aliphatic carbocycles. The number of aromatic amines is 1. The van der Waals surface area contributed by atoms with E-state index >= 15 is 0 Å². The van der Waals surface area contributed by atoms with E-state index < -0.39 is 0 Å². The van der Waals surface area contributed by atoms with Crippen LogP contribution in [0.25, 0.3) is 11.0 Å². The zero-order valence-corrected chi connectivity index (χ0v) is 15.3. The molecule has 2 heterocycles. The molecule has 0 bridgehead atoms. The van der Waals surface area contributed by atoms with Gasteiger partial charge in [-0.25, -0.2) is 9.78 Å². The van der Waals surface area contributed by atoms with Gasteiger partial charge in [-0.15, -0.1) is 0 Å². The molecule has 1 aliphatic rings. The first-order chi connectivity index (χ1) is 11.9. The van der Waals surface area contributed by atoms with E-state index in [1.54, 1.807) is 0 Å². The maximum Gasteiger partial charge on any atom is 0.315 e. The van der Waals surface area contributed by atoms with E-state index in [4.69, 9.17) is 4.74 Å². The van der Waals surface area contributed by atoms with Crippen LogP contribution in [0.3, 0.4) is 0 Å². The molecule has 0 saturated carbocycles. The summed E-state index contributed by atoms with van der Waals surface area (Å²) in [5.74, 6) is 0.889. The number of rotatable bonds is 4. The van der Waals surface area contributed by atoms with Gasteiger partial charge in [-0.05, 0) is 30.4 Å². The van der Waals surface area contributed by atoms with Crippen molar-refractivity contribution >= 4 is 17.1 Å². The molecule has 6 nitrogen and oxygen atoms in total. The quantitative estimate of drug-likeness (QED) is 0.798. The number of imidazole rings is 1. The van der Waals surface area contributed by atoms with Gasteiger partial charge in [0.15, 0.2) is 0 Å². The van der Waals surface area contributed by atoms with Crippen LogP contribution in [0.15, 0.2) is 24.3 Å². The van der Waals surface area contributed by atoms with Crippen molar-refractivity contribution < 1.29 is 9.53 Å². The molecule has 1 fully saturated rings. The van der Waals surface area contributed by atoms with Gasteiger partial charge in [0.05, 0.1) is 17.1 Å². The minimum Gasteiger partial charge on any atom is -0.378 e. The Labute approximate surface area is 148 Å². The molecule has 136 valence electrons. The maximum absolute atomic E-state index is 12.1. The number of hydrogen-bond donors (Lipinski definition) is 3. The predicted molar refractivity (Wildman–Crippen MR) is 98.5 cm³/mol. The number of nitrogens with one attached hydrogen (secondary N) is 3. The standard InChI is InChI=1S/C19H28N4O2/c1-19(2,3)16-12-13(9-11-25-16)21-18(24)20-10-8-17-22-14-6-4-5-7-15(14)23-17/h4-7,13,16H,8-12H2,1-3H3,(H,22,23)(H2,20,21,24). The van der Waals surface area contributed by atoms with Crippen molar-refractivity contribution in [1.29, 1.82) is 0 Å². The first-order valence-corrected chi connectivity index (χ1v) is 9.01. The zero-order valence-electron chi connectivity index (χ0n) is 15.3. The lowest BCUT2D eigenvalue weighted by Gasteiger charge is -2.37. The number of benzene rings is 1. The molecule has 25 heavy (non-hydrogen) atoms. The number of fused-ring (bicyclic) bond motifs is 1. The monoisotopic (exact) mass is 344 g/mol. The van der Waals surface area contributed by atoms with Crippen LogP contribution >= 0.6 is 0 Å². The number of amides is 2. The Morgan fingerprint density at radius 1 is 1.36 bits per heavy atom. The summed E-state index contributed by atoms with van der Waals surface area (Å²) in [7, 11) is 0. The van der Waals surface area contributed by atoms with Gasteiger partial charge in [0.25, 0.3) is 0 Å². The normalized spacial score (nSPS) is 21.2. The van der Waals surface area contributed by atoms with E-state index in [1.807, 2.05) is 24.3 Å². The Kier molecular flexibility index (Phi) is 5.27. The Bertz CT molecular complexity index is 687. The van der Waals surface area contributed by atoms with Gasteiger partial charge in [-0.1, -0.05) is 32.9 Å². The maximum atomic E-state index is 12.1. The van der Waals surface area contributed by atoms with E-state index in [0.29, 0.717) is 19.6 Å². The highest BCUT2D eigenvalue weighted by Gasteiger charge is 2.32. The minimum absolute atomic E-state index is 0.0954. The van der Waals surface area contributed by atoms with Crippen LogP contribution < -0.4 is 10.6 Å². The lowest BCUT2D eigenvalue weighted by atomic mass is 9.83. The fourth-order valence-corrected chi connectivity index (χ4v) is 3.19. The predicted octanol–water partition coefficient (Wildman–Crippen LogP) is 3.00. The van der Waals surface area contributed by atoms with E-state index in [2.05, 4.69) is 41.4 Å². The summed E-state index contributed by atoms with van der Waals surface area (Å²) in [5, 5.41) is 6.00. The third kappa shape index (κ3) is 4.72. The third-order valence-electron chi connectivity index (χ3n) is 4.67. The van der Waals surface area contributed by atoms with Gasteiger partial charge in [0, 0.05) is 25.6 Å². The van der Waals surface area contributed by atoms with Gasteiger partial charge in [0.2, 0.25) is 0 Å². The molecule has 2 aromatic rings. The van der Waals surface area contributed by atoms with Crippen LogP contribution in [0.5, 0.6) is 0 Å². The number of hydrogen-bond acceptors (Lipinski definition) is 3. The second kappa shape index (κ2) is 7.44. The fraction of sp³-hybridized carbons (Fsp3) is 0.579. The average molecular weight is 344 g/mol. The average Bonchev–Trinajstić information content (AvgIpc) is 2.97. The van der Waals surface area contributed by atoms with Crippen LogP contribution in [-0.4, -0.2) is 41.3 Å². The first-order valence-electron chi connectivity index (χ1n) is 9.01. The SMILES string of the molecule is CC(C)(C)C1CC(NC(=O)NCCc2nc3ccccc3[nH]2)CCO1. The molecule has 6 heteroatoms. The summed E-state index contributed by atoms with van der Waals surface area (Å²) in [4.78, 5) is 19.9. The van der Waals surface area contributed by atoms with Gasteiger partial charge in [-0.3, -0.25) is 0 Å². The number of nitrogens with zero attached hydrogens (tertiary/aromatic N) is 1. The van der Waals surface area contributed by atoms with Crippen LogP contribution in [0.1, 0.15) is 39.4 Å². The second-order valence-corrected chi connectivity index (χ2v) is 7.80. The summed E-state index contributed by atoms with van der Waals surface area (Å²) >= 11 is 0. The van der Waals surface area contributed by atoms with Crippen molar-refractivity contribution in [1.82, 2.24) is 20.6 Å². The fourth-order valence-electron chi connectivity index (χ4n) is 3.19. The van der Waals surface area contributed by atoms with Crippen LogP contribution in [0.4, 0.5) is 4.79 Å². The van der Waals surface area contributed by atoms with Gasteiger partial charge in [0.1, 0.15) is 5.82 Å². The number of urea groups is 1. The number of para-hydroxylation sites is 2. The van der Waals surface area contributed by atoms with Crippen LogP contribution in [-0.2, 0) is 11.2 Å². The van der Waals surface area contributed by atoms with Crippen molar-refractivity contribution in [3.05, 3.63) is 30.1 Å². The Balaban J connectivity index is 1.43. The van der Waals surface area contributed by atoms with Crippen molar-refractivity contribution in [3.63, 3.8) is 0 Å². The number of H-pyrrole nitrogens is 1. The minimum atomic E-state index is -0.115. The molecule has 1 aliphatic heterocycles. The highest BCUT2D eigenvalue weighted by Crippen LogP contribution is 2.29. The molecular weight excluding hydrogens is 316 g/mol. The molecule has 1 aromatic heterocycles. The zero-order chi connectivity index (χ0) is 17.9. The first kappa shape index (κ1) is 17.7. The summed E-state index contributed by atoms with van der Waals surface area (Å²) < 4.78 is 5.84. The molecule has 1 aromatic carbocycles. The highest BCUT2D eigenvalue weighted by molar-refractivity contribution is 5.75. The van der Waals surface area contributed by atoms with E-state index in [-0.39, 0.29) is 23.6 Å². The van der Waals surface area contributed by atoms with Crippen LogP contribution in [0.2, 0.25) is 0 Å². The van der Waals surface area contributed by atoms with E-state index in [0.717, 1.165) is 29.7 Å². The molecule has 1 saturated heterocycles. The van der Waals surface area contributed by atoms with Crippen molar-refractivity contribution in [3.8, 4) is 0 Å². The Morgan fingerprint density at radius 3 is 2.92 bits per heavy atom. The Morgan fingerprint density at radius 2 is 2.16 bits per heavy atom. The molecule has 0 spiro atoms. The lowest BCUT2D eigenvalue weighted by Crippen LogP contribution is -2.49. The Hall–Kier alpha value is -2.08. The molecule has 3 N–H and O–H groups in total. The number of carbonyl (C=O) groups is 1. The summed E-state index contributed by atoms with van der Waals surface area (Å²) in [6.45, 7) is 7.78. The number of aromatic nitrogens is 2. The molecule has 2 unspecified atom stereocenters. The highest BCUT2D eigenvalue weighted by atomic mass is 16.5. The van der Waals surface area contributed by atoms with Gasteiger partial charge < -0.3 is 20.4 Å². The summed E-state index contributed by atoms with van der Waals surface area (Å²) in [6, 6.07) is 7.99. The van der Waals surface area contributed by atoms with Crippen molar-refractivity contribution in [2.45, 2.75) is 52.2 Å². The molecular formula is C19H28N4O2. The van der Waals surface area contributed by atoms with Gasteiger partial charge >= 0.3 is 6.03 Å². The van der Waals surface area contributed by atoms with Crippen molar-refractivity contribution in [2.24, 2.45) is 5.41 Å². The van der Waals surface area contributed by atoms with E-state index in [1.165, 1.54) is 0 Å². The number of ether oxygens (including phenoxy) is 1. The molecule has 3 rings (SSSR count). The number of carbonyl (C=O) groups excluding carboxylic acids is 1. The topological polar surface area (TPSA) is 79.0 Å². The lowest BCUT2D eigenvalue weighted by molar-refractivity contribution is -0.0565. The summed E-state index contributed by atoms with van der Waals surface area (Å²) in [5.41, 5.74) is 2.08. The van der Waals surface area contributed by atoms with Crippen LogP contribution in [0, 0.1) is 5.41 Å².